The Morgan fingerprint density at radius 1 is 1.18 bits per heavy atom. The Kier molecular flexibility index (Phi) is 4.86. The molecule has 2 aliphatic rings. The summed E-state index contributed by atoms with van der Waals surface area (Å²) in [5.74, 6) is 0.118. The second-order valence-corrected chi connectivity index (χ2v) is 10.4. The van der Waals surface area contributed by atoms with Gasteiger partial charge in [-0.3, -0.25) is 4.90 Å². The van der Waals surface area contributed by atoms with Gasteiger partial charge < -0.3 is 19.9 Å². The van der Waals surface area contributed by atoms with Gasteiger partial charge in [-0.1, -0.05) is 0 Å². The molecule has 0 saturated carbocycles. The molecule has 0 aromatic carbocycles. The number of urea groups is 1. The summed E-state index contributed by atoms with van der Waals surface area (Å²) in [7, 11) is 0. The first-order chi connectivity index (χ1) is 15.5. The number of amides is 2. The minimum Gasteiger partial charge on any atom is -0.367 e. The van der Waals surface area contributed by atoms with Crippen LogP contribution in [-0.2, 0) is 6.42 Å². The van der Waals surface area contributed by atoms with E-state index in [0.717, 1.165) is 30.0 Å². The number of imidazole rings is 1. The van der Waals surface area contributed by atoms with Crippen molar-refractivity contribution >= 4 is 28.9 Å². The van der Waals surface area contributed by atoms with Crippen molar-refractivity contribution in [1.29, 1.82) is 0 Å². The summed E-state index contributed by atoms with van der Waals surface area (Å²) in [6, 6.07) is 2.96. The second-order valence-electron chi connectivity index (χ2n) is 10.4. The van der Waals surface area contributed by atoms with Crippen LogP contribution in [0.4, 0.5) is 26.4 Å². The zero-order chi connectivity index (χ0) is 23.5. The second kappa shape index (κ2) is 7.41. The number of nitrogens with one attached hydrogen (secondary N) is 2. The molecule has 0 bridgehead atoms. The molecule has 0 unspecified atom stereocenters. The zero-order valence-corrected chi connectivity index (χ0v) is 19.7. The van der Waals surface area contributed by atoms with Gasteiger partial charge in [-0.05, 0) is 47.1 Å². The van der Waals surface area contributed by atoms with Crippen molar-refractivity contribution in [3.8, 4) is 0 Å². The van der Waals surface area contributed by atoms with Gasteiger partial charge in [0.15, 0.2) is 5.82 Å². The zero-order valence-electron chi connectivity index (χ0n) is 19.7. The molecule has 8 nitrogen and oxygen atoms in total. The number of carbonyl (C=O) groups excluding carboxylic acids is 1. The van der Waals surface area contributed by atoms with E-state index in [9.17, 15) is 9.18 Å². The smallest absolute Gasteiger partial charge is 0.327 e. The fourth-order valence-corrected chi connectivity index (χ4v) is 5.35. The molecule has 5 heterocycles. The molecule has 2 N–H and O–H groups in total. The van der Waals surface area contributed by atoms with Gasteiger partial charge in [0, 0.05) is 66.6 Å². The Hall–Kier alpha value is -3.20. The van der Waals surface area contributed by atoms with E-state index in [-0.39, 0.29) is 16.8 Å². The summed E-state index contributed by atoms with van der Waals surface area (Å²) in [6.45, 7) is 12.9. The molecule has 1 fully saturated rings. The van der Waals surface area contributed by atoms with Crippen molar-refractivity contribution in [2.75, 3.05) is 34.8 Å². The molecule has 0 spiro atoms. The average molecular weight is 452 g/mol. The summed E-state index contributed by atoms with van der Waals surface area (Å²) in [5.41, 5.74) is 3.47. The summed E-state index contributed by atoms with van der Waals surface area (Å²) in [4.78, 5) is 25.9. The van der Waals surface area contributed by atoms with Crippen LogP contribution in [0.25, 0.3) is 5.65 Å². The number of nitrogens with zero attached hydrogens (tertiary/aromatic N) is 5. The van der Waals surface area contributed by atoms with Crippen molar-refractivity contribution in [3.63, 3.8) is 0 Å². The van der Waals surface area contributed by atoms with Gasteiger partial charge in [0.2, 0.25) is 0 Å². The van der Waals surface area contributed by atoms with Crippen molar-refractivity contribution < 1.29 is 9.18 Å². The van der Waals surface area contributed by atoms with Crippen LogP contribution < -0.4 is 20.4 Å². The van der Waals surface area contributed by atoms with E-state index in [4.69, 9.17) is 0 Å². The van der Waals surface area contributed by atoms with E-state index in [1.54, 1.807) is 27.9 Å². The number of piperazine rings is 1. The Bertz CT molecular complexity index is 1230. The molecule has 9 heteroatoms. The maximum atomic E-state index is 14.6. The first kappa shape index (κ1) is 21.6. The molecule has 0 aliphatic carbocycles. The molecule has 33 heavy (non-hydrogen) atoms. The molecule has 0 atom stereocenters. The number of rotatable bonds is 2. The number of aromatic nitrogens is 3. The first-order valence-electron chi connectivity index (χ1n) is 11.3. The molecule has 3 aromatic heterocycles. The number of pyridine rings is 2. The lowest BCUT2D eigenvalue weighted by Crippen LogP contribution is -2.67. The quantitative estimate of drug-likeness (QED) is 0.621. The molecule has 0 radical (unpaired) electrons. The Labute approximate surface area is 192 Å². The van der Waals surface area contributed by atoms with Crippen molar-refractivity contribution in [2.45, 2.75) is 52.1 Å². The highest BCUT2D eigenvalue weighted by Gasteiger charge is 2.38. The fraction of sp³-hybridized carbons (Fsp3) is 0.458. The lowest BCUT2D eigenvalue weighted by atomic mass is 9.90. The van der Waals surface area contributed by atoms with Crippen LogP contribution >= 0.6 is 0 Å². The Morgan fingerprint density at radius 2 is 1.91 bits per heavy atom. The molecule has 3 aromatic rings. The van der Waals surface area contributed by atoms with Crippen LogP contribution in [0.15, 0.2) is 30.7 Å². The molecular weight excluding hydrogens is 421 g/mol. The SMILES string of the molecule is Cc1cn2cc(NC(=O)N3CCc4c(N5CC(C)(C)NC(C)(C)C5)ccnc43)c(F)cc2n1. The minimum atomic E-state index is -0.521. The molecule has 2 amide bonds. The van der Waals surface area contributed by atoms with Crippen LogP contribution in [-0.4, -0.2) is 51.1 Å². The van der Waals surface area contributed by atoms with Gasteiger partial charge in [-0.2, -0.15) is 0 Å². The number of anilines is 3. The molecular formula is C24H30FN7O. The number of halogens is 1. The average Bonchev–Trinajstić information content (AvgIpc) is 3.28. The van der Waals surface area contributed by atoms with Crippen LogP contribution in [0, 0.1) is 12.7 Å². The first-order valence-corrected chi connectivity index (χ1v) is 11.3. The third-order valence-corrected chi connectivity index (χ3v) is 6.19. The molecule has 5 rings (SSSR count). The van der Waals surface area contributed by atoms with E-state index < -0.39 is 11.8 Å². The summed E-state index contributed by atoms with van der Waals surface area (Å²) >= 11 is 0. The van der Waals surface area contributed by atoms with Crippen molar-refractivity contribution in [1.82, 2.24) is 19.7 Å². The van der Waals surface area contributed by atoms with Gasteiger partial charge in [0.1, 0.15) is 11.5 Å². The Morgan fingerprint density at radius 3 is 2.64 bits per heavy atom. The molecule has 174 valence electrons. The van der Waals surface area contributed by atoms with E-state index in [0.29, 0.717) is 24.4 Å². The summed E-state index contributed by atoms with van der Waals surface area (Å²) < 4.78 is 16.3. The predicted octanol–water partition coefficient (Wildman–Crippen LogP) is 3.74. The van der Waals surface area contributed by atoms with Gasteiger partial charge >= 0.3 is 6.03 Å². The lowest BCUT2D eigenvalue weighted by Gasteiger charge is -2.49. The largest absolute Gasteiger partial charge is 0.367 e. The highest BCUT2D eigenvalue weighted by Crippen LogP contribution is 2.36. The van der Waals surface area contributed by atoms with E-state index in [2.05, 4.69) is 53.2 Å². The number of hydrogen-bond acceptors (Lipinski definition) is 5. The van der Waals surface area contributed by atoms with E-state index >= 15 is 0 Å². The minimum absolute atomic E-state index is 0.0462. The van der Waals surface area contributed by atoms with Crippen LogP contribution in [0.5, 0.6) is 0 Å². The molecule has 2 aliphatic heterocycles. The predicted molar refractivity (Wildman–Crippen MR) is 128 cm³/mol. The maximum Gasteiger partial charge on any atom is 0.327 e. The summed E-state index contributed by atoms with van der Waals surface area (Å²) in [6.07, 6.45) is 5.80. The number of fused-ring (bicyclic) bond motifs is 2. The van der Waals surface area contributed by atoms with E-state index in [1.165, 1.54) is 6.07 Å². The highest BCUT2D eigenvalue weighted by molar-refractivity contribution is 6.03. The third-order valence-electron chi connectivity index (χ3n) is 6.19. The van der Waals surface area contributed by atoms with Gasteiger partial charge in [-0.25, -0.2) is 19.2 Å². The monoisotopic (exact) mass is 451 g/mol. The van der Waals surface area contributed by atoms with Gasteiger partial charge in [0.25, 0.3) is 0 Å². The van der Waals surface area contributed by atoms with Gasteiger partial charge in [-0.15, -0.1) is 0 Å². The molecule has 1 saturated heterocycles. The van der Waals surface area contributed by atoms with Crippen molar-refractivity contribution in [3.05, 3.63) is 47.8 Å². The third kappa shape index (κ3) is 4.01. The van der Waals surface area contributed by atoms with Crippen LogP contribution in [0.1, 0.15) is 39.0 Å². The fourth-order valence-electron chi connectivity index (χ4n) is 5.35. The number of hydrogen-bond donors (Lipinski definition) is 2. The number of aryl methyl sites for hydroxylation is 1. The van der Waals surface area contributed by atoms with Crippen molar-refractivity contribution in [2.24, 2.45) is 0 Å². The van der Waals surface area contributed by atoms with Crippen LogP contribution in [0.3, 0.4) is 0 Å². The standard InChI is InChI=1S/C24H30FN7O/c1-15-11-30-12-18(17(25)10-20(30)27-15)28-22(33)32-9-7-16-19(6-8-26-21(16)32)31-13-23(2,3)29-24(4,5)14-31/h6,8,10-12,29H,7,9,13-14H2,1-5H3,(H,28,33). The maximum absolute atomic E-state index is 14.6. The Balaban J connectivity index is 1.41. The highest BCUT2D eigenvalue weighted by atomic mass is 19.1. The van der Waals surface area contributed by atoms with Crippen LogP contribution in [0.2, 0.25) is 0 Å². The summed E-state index contributed by atoms with van der Waals surface area (Å²) in [5, 5.41) is 6.42. The normalized spacial score (nSPS) is 19.1. The number of carbonyl (C=O) groups is 1. The lowest BCUT2D eigenvalue weighted by molar-refractivity contribution is 0.226. The topological polar surface area (TPSA) is 77.8 Å². The van der Waals surface area contributed by atoms with E-state index in [1.807, 2.05) is 13.0 Å². The van der Waals surface area contributed by atoms with Gasteiger partial charge in [0.05, 0.1) is 11.4 Å².